The smallest absolute Gasteiger partial charge is 0.306 e. The molecule has 0 amide bonds. The summed E-state index contributed by atoms with van der Waals surface area (Å²) < 4.78 is 17.0. The van der Waals surface area contributed by atoms with Crippen LogP contribution in [0.5, 0.6) is 0 Å². The van der Waals surface area contributed by atoms with E-state index in [1.807, 2.05) is 0 Å². The van der Waals surface area contributed by atoms with Crippen LogP contribution in [0.3, 0.4) is 0 Å². The largest absolute Gasteiger partial charge is 0.462 e. The van der Waals surface area contributed by atoms with Gasteiger partial charge in [0.25, 0.3) is 0 Å². The molecule has 0 saturated heterocycles. The first-order valence-electron chi connectivity index (χ1n) is 35.8. The molecule has 0 rings (SSSR count). The Morgan fingerprint density at radius 3 is 0.691 bits per heavy atom. The summed E-state index contributed by atoms with van der Waals surface area (Å²) in [5.74, 6) is -0.863. The molecule has 1 atom stereocenters. The lowest BCUT2D eigenvalue weighted by Crippen LogP contribution is -2.30. The number of allylic oxidation sites excluding steroid dienone is 10. The SMILES string of the molecule is CCCCCCC/C=C\C/C=C\C/C=C\CCCCCCCCC(=O)OC(COC(=O)CCCCCCCCCCCCCCC/C=C\C/C=C\CCCCCCC)COC(=O)CCCCCCCCCCCCCCCCCCC. The topological polar surface area (TPSA) is 78.9 Å². The number of rotatable bonds is 66. The fraction of sp³-hybridized carbons (Fsp3) is 0.827. The first kappa shape index (κ1) is 78.1. The minimum Gasteiger partial charge on any atom is -0.462 e. The van der Waals surface area contributed by atoms with Crippen LogP contribution >= 0.6 is 0 Å². The van der Waals surface area contributed by atoms with E-state index >= 15 is 0 Å². The number of esters is 3. The summed E-state index contributed by atoms with van der Waals surface area (Å²) in [4.78, 5) is 38.5. The van der Waals surface area contributed by atoms with E-state index in [1.165, 1.54) is 257 Å². The number of unbranched alkanes of at least 4 members (excludes halogenated alkanes) is 45. The molecule has 0 heterocycles. The average molecular weight is 1130 g/mol. The second-order valence-corrected chi connectivity index (χ2v) is 24.1. The van der Waals surface area contributed by atoms with Gasteiger partial charge in [-0.05, 0) is 89.9 Å². The van der Waals surface area contributed by atoms with Crippen molar-refractivity contribution in [2.24, 2.45) is 0 Å². The van der Waals surface area contributed by atoms with E-state index in [-0.39, 0.29) is 31.1 Å². The lowest BCUT2D eigenvalue weighted by Gasteiger charge is -2.18. The minimum absolute atomic E-state index is 0.0756. The molecule has 0 bridgehead atoms. The predicted octanol–water partition coefficient (Wildman–Crippen LogP) is 24.7. The van der Waals surface area contributed by atoms with Gasteiger partial charge in [0.15, 0.2) is 6.10 Å². The maximum Gasteiger partial charge on any atom is 0.306 e. The zero-order valence-corrected chi connectivity index (χ0v) is 54.3. The average Bonchev–Trinajstić information content (AvgIpc) is 3.47. The Kier molecular flexibility index (Phi) is 67.1. The molecule has 0 fully saturated rings. The fourth-order valence-electron chi connectivity index (χ4n) is 10.6. The first-order valence-corrected chi connectivity index (χ1v) is 35.8. The molecular formula is C75H136O6. The Hall–Kier alpha value is -2.89. The molecule has 0 radical (unpaired) electrons. The van der Waals surface area contributed by atoms with Crippen LogP contribution in [0.25, 0.3) is 0 Å². The van der Waals surface area contributed by atoms with Crippen molar-refractivity contribution in [3.63, 3.8) is 0 Å². The van der Waals surface area contributed by atoms with Gasteiger partial charge in [0.1, 0.15) is 13.2 Å². The van der Waals surface area contributed by atoms with Gasteiger partial charge in [-0.25, -0.2) is 0 Å². The van der Waals surface area contributed by atoms with Crippen LogP contribution in [-0.2, 0) is 28.6 Å². The summed E-state index contributed by atoms with van der Waals surface area (Å²) in [6.07, 6.45) is 89.5. The van der Waals surface area contributed by atoms with Gasteiger partial charge in [0.05, 0.1) is 0 Å². The molecule has 0 aliphatic heterocycles. The highest BCUT2D eigenvalue weighted by Crippen LogP contribution is 2.18. The van der Waals surface area contributed by atoms with Crippen molar-refractivity contribution in [1.82, 2.24) is 0 Å². The number of carbonyl (C=O) groups excluding carboxylic acids is 3. The summed E-state index contributed by atoms with van der Waals surface area (Å²) in [6, 6.07) is 0. The predicted molar refractivity (Wildman–Crippen MR) is 353 cm³/mol. The molecule has 0 N–H and O–H groups in total. The van der Waals surface area contributed by atoms with Gasteiger partial charge < -0.3 is 14.2 Å². The van der Waals surface area contributed by atoms with Gasteiger partial charge in [-0.3, -0.25) is 14.4 Å². The second-order valence-electron chi connectivity index (χ2n) is 24.1. The van der Waals surface area contributed by atoms with E-state index in [1.54, 1.807) is 0 Å². The summed E-state index contributed by atoms with van der Waals surface area (Å²) >= 11 is 0. The molecule has 0 spiro atoms. The zero-order valence-electron chi connectivity index (χ0n) is 54.3. The minimum atomic E-state index is -0.782. The molecule has 6 nitrogen and oxygen atoms in total. The van der Waals surface area contributed by atoms with Crippen LogP contribution in [-0.4, -0.2) is 37.2 Å². The standard InChI is InChI=1S/C75H136O6/c1-4-7-10-13-16-19-22-25-28-31-33-35-36-37-38-40-41-44-47-50-53-56-59-62-65-68-74(77)80-71-72(70-79-73(76)67-64-61-58-55-52-49-46-43-30-27-24-21-18-15-12-9-6-3)81-75(78)69-66-63-60-57-54-51-48-45-42-39-34-32-29-26-23-20-17-14-11-8-5-2/h22-23,25-26,31-34,42,45,72H,4-21,24,27-30,35-41,43-44,46-71H2,1-3H3/b25-22-,26-23-,33-31-,34-32-,45-42-. The monoisotopic (exact) mass is 1130 g/mol. The van der Waals surface area contributed by atoms with E-state index in [4.69, 9.17) is 14.2 Å². The molecule has 0 saturated carbocycles. The van der Waals surface area contributed by atoms with E-state index < -0.39 is 6.10 Å². The third kappa shape index (κ3) is 67.8. The van der Waals surface area contributed by atoms with E-state index in [9.17, 15) is 14.4 Å². The molecule has 472 valence electrons. The van der Waals surface area contributed by atoms with Crippen molar-refractivity contribution in [3.05, 3.63) is 60.8 Å². The fourth-order valence-corrected chi connectivity index (χ4v) is 10.6. The molecule has 0 aromatic carbocycles. The van der Waals surface area contributed by atoms with Crippen LogP contribution in [0.15, 0.2) is 60.8 Å². The molecule has 1 unspecified atom stereocenters. The lowest BCUT2D eigenvalue weighted by atomic mass is 10.0. The van der Waals surface area contributed by atoms with Crippen LogP contribution < -0.4 is 0 Å². The lowest BCUT2D eigenvalue weighted by molar-refractivity contribution is -0.167. The van der Waals surface area contributed by atoms with Crippen molar-refractivity contribution in [2.45, 2.75) is 386 Å². The van der Waals surface area contributed by atoms with Crippen LogP contribution in [0, 0.1) is 0 Å². The summed E-state index contributed by atoms with van der Waals surface area (Å²) in [5, 5.41) is 0. The van der Waals surface area contributed by atoms with Crippen molar-refractivity contribution in [1.29, 1.82) is 0 Å². The van der Waals surface area contributed by atoms with Crippen LogP contribution in [0.1, 0.15) is 380 Å². The van der Waals surface area contributed by atoms with E-state index in [0.717, 1.165) is 83.5 Å². The summed E-state index contributed by atoms with van der Waals surface area (Å²) in [5.41, 5.74) is 0. The van der Waals surface area contributed by atoms with Gasteiger partial charge in [0.2, 0.25) is 0 Å². The Bertz CT molecular complexity index is 1440. The normalized spacial score (nSPS) is 12.4. The van der Waals surface area contributed by atoms with Crippen molar-refractivity contribution >= 4 is 17.9 Å². The molecule has 0 aliphatic carbocycles. The van der Waals surface area contributed by atoms with E-state index in [0.29, 0.717) is 19.3 Å². The van der Waals surface area contributed by atoms with Gasteiger partial charge in [-0.2, -0.15) is 0 Å². The Morgan fingerprint density at radius 1 is 0.247 bits per heavy atom. The van der Waals surface area contributed by atoms with Crippen molar-refractivity contribution in [2.75, 3.05) is 13.2 Å². The van der Waals surface area contributed by atoms with Gasteiger partial charge in [0, 0.05) is 19.3 Å². The van der Waals surface area contributed by atoms with Crippen molar-refractivity contribution in [3.8, 4) is 0 Å². The molecule has 6 heteroatoms. The third-order valence-electron chi connectivity index (χ3n) is 16.0. The number of ether oxygens (including phenoxy) is 3. The highest BCUT2D eigenvalue weighted by Gasteiger charge is 2.19. The number of carbonyl (C=O) groups is 3. The molecule has 0 aliphatic rings. The van der Waals surface area contributed by atoms with E-state index in [2.05, 4.69) is 81.5 Å². The zero-order chi connectivity index (χ0) is 58.5. The first-order chi connectivity index (χ1) is 40.0. The molecule has 0 aromatic heterocycles. The molecular weight excluding hydrogens is 997 g/mol. The highest BCUT2D eigenvalue weighted by molar-refractivity contribution is 5.71. The molecule has 81 heavy (non-hydrogen) atoms. The Balaban J connectivity index is 4.34. The summed E-state index contributed by atoms with van der Waals surface area (Å²) in [6.45, 7) is 6.67. The Morgan fingerprint density at radius 2 is 0.444 bits per heavy atom. The highest BCUT2D eigenvalue weighted by atomic mass is 16.6. The number of hydrogen-bond donors (Lipinski definition) is 0. The maximum atomic E-state index is 13.0. The van der Waals surface area contributed by atoms with Crippen LogP contribution in [0.2, 0.25) is 0 Å². The maximum absolute atomic E-state index is 13.0. The Labute approximate surface area is 504 Å². The van der Waals surface area contributed by atoms with Gasteiger partial charge in [-0.1, -0.05) is 332 Å². The summed E-state index contributed by atoms with van der Waals surface area (Å²) in [7, 11) is 0. The molecule has 0 aromatic rings. The third-order valence-corrected chi connectivity index (χ3v) is 16.0. The van der Waals surface area contributed by atoms with Crippen molar-refractivity contribution < 1.29 is 28.6 Å². The number of hydrogen-bond acceptors (Lipinski definition) is 6. The van der Waals surface area contributed by atoms with Gasteiger partial charge in [-0.15, -0.1) is 0 Å². The van der Waals surface area contributed by atoms with Gasteiger partial charge >= 0.3 is 17.9 Å². The van der Waals surface area contributed by atoms with Crippen LogP contribution in [0.4, 0.5) is 0 Å². The quantitative estimate of drug-likeness (QED) is 0.0261. The second kappa shape index (κ2) is 69.6.